The maximum absolute atomic E-state index is 12.5. The number of nitrogens with zero attached hydrogens (tertiary/aromatic N) is 1. The Balaban J connectivity index is 1.47. The van der Waals surface area contributed by atoms with Gasteiger partial charge in [0, 0.05) is 18.8 Å². The van der Waals surface area contributed by atoms with Gasteiger partial charge in [0.25, 0.3) is 11.8 Å². The normalized spacial score (nSPS) is 15.3. The molecule has 0 unspecified atom stereocenters. The van der Waals surface area contributed by atoms with Gasteiger partial charge < -0.3 is 19.8 Å². The van der Waals surface area contributed by atoms with E-state index in [1.54, 1.807) is 0 Å². The molecule has 1 aromatic heterocycles. The summed E-state index contributed by atoms with van der Waals surface area (Å²) in [4.78, 5) is 36.0. The summed E-state index contributed by atoms with van der Waals surface area (Å²) in [6, 6.07) is 7.77. The van der Waals surface area contributed by atoms with Crippen LogP contribution in [0, 0.1) is 0 Å². The predicted octanol–water partition coefficient (Wildman–Crippen LogP) is 1.36. The minimum absolute atomic E-state index is 0.0487. The van der Waals surface area contributed by atoms with Gasteiger partial charge in [-0.1, -0.05) is 0 Å². The summed E-state index contributed by atoms with van der Waals surface area (Å²) in [6.07, 6.45) is 3.02. The van der Waals surface area contributed by atoms with Crippen molar-refractivity contribution in [3.63, 3.8) is 0 Å². The molecule has 0 saturated carbocycles. The molecule has 31 heavy (non-hydrogen) atoms. The highest BCUT2D eigenvalue weighted by molar-refractivity contribution is 7.89. The number of sulfonamides is 1. The summed E-state index contributed by atoms with van der Waals surface area (Å²) in [6.45, 7) is 1.87. The second kappa shape index (κ2) is 9.75. The zero-order valence-electron chi connectivity index (χ0n) is 16.9. The molecular weight excluding hydrogens is 426 g/mol. The number of anilines is 1. The van der Waals surface area contributed by atoms with E-state index in [-0.39, 0.29) is 10.7 Å². The van der Waals surface area contributed by atoms with Gasteiger partial charge in [-0.2, -0.15) is 4.31 Å². The first kappa shape index (κ1) is 22.5. The van der Waals surface area contributed by atoms with Gasteiger partial charge in [0.2, 0.25) is 10.0 Å². The number of rotatable bonds is 8. The van der Waals surface area contributed by atoms with E-state index in [1.165, 1.54) is 53.9 Å². The van der Waals surface area contributed by atoms with Gasteiger partial charge in [-0.05, 0) is 56.2 Å². The van der Waals surface area contributed by atoms with Gasteiger partial charge in [-0.15, -0.1) is 0 Å². The SMILES string of the molecule is C[C@H](NC(=O)c1ccco1)C(=O)OCC(=O)Nc1ccc(S(=O)(=O)N2CCCC2)cc1. The molecule has 2 N–H and O–H groups in total. The van der Waals surface area contributed by atoms with Crippen LogP contribution in [0.4, 0.5) is 5.69 Å². The van der Waals surface area contributed by atoms with Crippen LogP contribution in [0.3, 0.4) is 0 Å². The lowest BCUT2D eigenvalue weighted by Crippen LogP contribution is -2.40. The Bertz CT molecular complexity index is 1030. The number of carbonyl (C=O) groups is 3. The molecule has 1 aliphatic rings. The van der Waals surface area contributed by atoms with Crippen LogP contribution in [-0.2, 0) is 24.3 Å². The number of hydrogen-bond donors (Lipinski definition) is 2. The molecule has 1 aliphatic heterocycles. The van der Waals surface area contributed by atoms with Gasteiger partial charge in [-0.25, -0.2) is 13.2 Å². The molecule has 1 saturated heterocycles. The fraction of sp³-hybridized carbons (Fsp3) is 0.350. The standard InChI is InChI=1S/C20H23N3O7S/c1-14(21-19(25)17-5-4-12-29-17)20(26)30-13-18(24)22-15-6-8-16(9-7-15)31(27,28)23-10-2-3-11-23/h4-9,12,14H,2-3,10-11,13H2,1H3,(H,21,25)(H,22,24)/t14-/m0/s1. The molecule has 2 heterocycles. The molecule has 2 amide bonds. The first-order chi connectivity index (χ1) is 14.8. The molecule has 2 aromatic rings. The van der Waals surface area contributed by atoms with Crippen LogP contribution in [0.1, 0.15) is 30.3 Å². The molecular formula is C20H23N3O7S. The van der Waals surface area contributed by atoms with E-state index >= 15 is 0 Å². The molecule has 1 fully saturated rings. The lowest BCUT2D eigenvalue weighted by Gasteiger charge is -2.16. The number of esters is 1. The number of hydrogen-bond acceptors (Lipinski definition) is 7. The van der Waals surface area contributed by atoms with Crippen LogP contribution in [0.2, 0.25) is 0 Å². The van der Waals surface area contributed by atoms with E-state index in [0.29, 0.717) is 18.8 Å². The second-order valence-corrected chi connectivity index (χ2v) is 8.90. The van der Waals surface area contributed by atoms with Crippen molar-refractivity contribution >= 4 is 33.5 Å². The molecule has 1 atom stereocenters. The van der Waals surface area contributed by atoms with Crippen molar-refractivity contribution in [1.29, 1.82) is 0 Å². The van der Waals surface area contributed by atoms with E-state index in [2.05, 4.69) is 10.6 Å². The lowest BCUT2D eigenvalue weighted by atomic mass is 10.3. The van der Waals surface area contributed by atoms with E-state index in [4.69, 9.17) is 9.15 Å². The molecule has 166 valence electrons. The Kier molecular flexibility index (Phi) is 7.08. The summed E-state index contributed by atoms with van der Waals surface area (Å²) >= 11 is 0. The third-order valence-corrected chi connectivity index (χ3v) is 6.55. The Morgan fingerprint density at radius 2 is 1.81 bits per heavy atom. The maximum atomic E-state index is 12.5. The van der Waals surface area contributed by atoms with Gasteiger partial charge in [0.15, 0.2) is 12.4 Å². The van der Waals surface area contributed by atoms with Crippen LogP contribution in [0.15, 0.2) is 52.0 Å². The average Bonchev–Trinajstić information content (AvgIpc) is 3.46. The fourth-order valence-electron chi connectivity index (χ4n) is 2.98. The zero-order valence-corrected chi connectivity index (χ0v) is 17.7. The maximum Gasteiger partial charge on any atom is 0.328 e. The van der Waals surface area contributed by atoms with Crippen molar-refractivity contribution in [2.75, 3.05) is 25.0 Å². The topological polar surface area (TPSA) is 135 Å². The van der Waals surface area contributed by atoms with Gasteiger partial charge in [0.05, 0.1) is 11.2 Å². The highest BCUT2D eigenvalue weighted by Gasteiger charge is 2.27. The molecule has 11 heteroatoms. The summed E-state index contributed by atoms with van der Waals surface area (Å²) < 4.78 is 36.3. The van der Waals surface area contributed by atoms with E-state index in [1.807, 2.05) is 0 Å². The first-order valence-corrected chi connectivity index (χ1v) is 11.1. The second-order valence-electron chi connectivity index (χ2n) is 6.96. The third kappa shape index (κ3) is 5.70. The van der Waals surface area contributed by atoms with Crippen LogP contribution >= 0.6 is 0 Å². The van der Waals surface area contributed by atoms with Gasteiger partial charge >= 0.3 is 5.97 Å². The monoisotopic (exact) mass is 449 g/mol. The fourth-order valence-corrected chi connectivity index (χ4v) is 4.50. The molecule has 0 aliphatic carbocycles. The number of carbonyl (C=O) groups excluding carboxylic acids is 3. The minimum atomic E-state index is -3.53. The van der Waals surface area contributed by atoms with Crippen LogP contribution in [-0.4, -0.2) is 56.2 Å². The number of nitrogens with one attached hydrogen (secondary N) is 2. The lowest BCUT2D eigenvalue weighted by molar-refractivity contribution is -0.148. The molecule has 10 nitrogen and oxygen atoms in total. The smallest absolute Gasteiger partial charge is 0.328 e. The van der Waals surface area contributed by atoms with E-state index in [0.717, 1.165) is 12.8 Å². The van der Waals surface area contributed by atoms with Crippen molar-refractivity contribution in [2.45, 2.75) is 30.7 Å². The number of benzene rings is 1. The van der Waals surface area contributed by atoms with Crippen molar-refractivity contribution in [1.82, 2.24) is 9.62 Å². The Morgan fingerprint density at radius 1 is 1.13 bits per heavy atom. The number of amides is 2. The van der Waals surface area contributed by atoms with Crippen LogP contribution < -0.4 is 10.6 Å². The first-order valence-electron chi connectivity index (χ1n) is 9.68. The Morgan fingerprint density at radius 3 is 2.42 bits per heavy atom. The predicted molar refractivity (Wildman–Crippen MR) is 110 cm³/mol. The molecule has 0 radical (unpaired) electrons. The Labute approximate surface area is 179 Å². The summed E-state index contributed by atoms with van der Waals surface area (Å²) in [5, 5.41) is 4.92. The van der Waals surface area contributed by atoms with Crippen molar-refractivity contribution in [3.8, 4) is 0 Å². The van der Waals surface area contributed by atoms with Crippen molar-refractivity contribution < 1.29 is 32.0 Å². The van der Waals surface area contributed by atoms with Gasteiger partial charge in [0.1, 0.15) is 6.04 Å². The summed E-state index contributed by atoms with van der Waals surface area (Å²) in [5.74, 6) is -1.93. The summed E-state index contributed by atoms with van der Waals surface area (Å²) in [5.41, 5.74) is 0.362. The highest BCUT2D eigenvalue weighted by Crippen LogP contribution is 2.22. The number of ether oxygens (including phenoxy) is 1. The average molecular weight is 449 g/mol. The van der Waals surface area contributed by atoms with Crippen LogP contribution in [0.5, 0.6) is 0 Å². The van der Waals surface area contributed by atoms with E-state index < -0.39 is 40.5 Å². The van der Waals surface area contributed by atoms with E-state index in [9.17, 15) is 22.8 Å². The molecule has 3 rings (SSSR count). The van der Waals surface area contributed by atoms with Gasteiger partial charge in [-0.3, -0.25) is 9.59 Å². The number of furan rings is 1. The largest absolute Gasteiger partial charge is 0.459 e. The van der Waals surface area contributed by atoms with Crippen LogP contribution in [0.25, 0.3) is 0 Å². The Hall–Kier alpha value is -3.18. The molecule has 0 spiro atoms. The highest BCUT2D eigenvalue weighted by atomic mass is 32.2. The molecule has 0 bridgehead atoms. The summed E-state index contributed by atoms with van der Waals surface area (Å²) in [7, 11) is -3.53. The third-order valence-electron chi connectivity index (χ3n) is 4.63. The van der Waals surface area contributed by atoms with Crippen molar-refractivity contribution in [3.05, 3.63) is 48.4 Å². The zero-order chi connectivity index (χ0) is 22.4. The minimum Gasteiger partial charge on any atom is -0.459 e. The van der Waals surface area contributed by atoms with Crippen molar-refractivity contribution in [2.24, 2.45) is 0 Å². The quantitative estimate of drug-likeness (QED) is 0.581. The molecule has 1 aromatic carbocycles.